The average molecular weight is 409 g/mol. The van der Waals surface area contributed by atoms with Crippen LogP contribution in [0.3, 0.4) is 0 Å². The third-order valence-corrected chi connectivity index (χ3v) is 5.55. The Morgan fingerprint density at radius 1 is 1.15 bits per heavy atom. The number of thiophene rings is 1. The zero-order valence-electron chi connectivity index (χ0n) is 15.0. The zero-order valence-corrected chi connectivity index (χ0v) is 16.6. The molecular formula is C19H25ClN4O2S. The van der Waals surface area contributed by atoms with Crippen molar-refractivity contribution in [1.29, 1.82) is 0 Å². The summed E-state index contributed by atoms with van der Waals surface area (Å²) in [4.78, 5) is 27.1. The van der Waals surface area contributed by atoms with Gasteiger partial charge in [0.15, 0.2) is 0 Å². The number of likely N-dealkylation sites (tertiary alicyclic amines) is 1. The highest BCUT2D eigenvalue weighted by molar-refractivity contribution is 7.09. The second kappa shape index (κ2) is 10.4. The number of nitrogens with one attached hydrogen (secondary N) is 2. The SMILES string of the molecule is Cl.NC[C@@H]1CN(CC(=O)NC(=O)NCc2cccs2)C[C@H]1c1ccccc1. The Balaban J connectivity index is 0.00000261. The number of urea groups is 1. The van der Waals surface area contributed by atoms with Crippen LogP contribution in [0.15, 0.2) is 47.8 Å². The number of nitrogens with two attached hydrogens (primary N) is 1. The lowest BCUT2D eigenvalue weighted by atomic mass is 9.89. The van der Waals surface area contributed by atoms with E-state index in [-0.39, 0.29) is 24.9 Å². The van der Waals surface area contributed by atoms with Crippen LogP contribution < -0.4 is 16.4 Å². The van der Waals surface area contributed by atoms with Crippen LogP contribution in [0, 0.1) is 5.92 Å². The van der Waals surface area contributed by atoms with Crippen LogP contribution in [-0.2, 0) is 11.3 Å². The second-order valence-corrected chi connectivity index (χ2v) is 7.55. The molecule has 1 aliphatic heterocycles. The van der Waals surface area contributed by atoms with Crippen molar-refractivity contribution in [1.82, 2.24) is 15.5 Å². The highest BCUT2D eigenvalue weighted by atomic mass is 35.5. The van der Waals surface area contributed by atoms with Gasteiger partial charge in [0.1, 0.15) is 0 Å². The van der Waals surface area contributed by atoms with E-state index < -0.39 is 6.03 Å². The molecule has 1 aliphatic rings. The molecule has 4 N–H and O–H groups in total. The molecule has 0 unspecified atom stereocenters. The predicted octanol–water partition coefficient (Wildman–Crippen LogP) is 2.17. The van der Waals surface area contributed by atoms with Gasteiger partial charge in [0.25, 0.3) is 0 Å². The van der Waals surface area contributed by atoms with Gasteiger partial charge < -0.3 is 11.1 Å². The molecule has 0 bridgehead atoms. The summed E-state index contributed by atoms with van der Waals surface area (Å²) in [6, 6.07) is 13.7. The molecule has 6 nitrogen and oxygen atoms in total. The summed E-state index contributed by atoms with van der Waals surface area (Å²) in [5.74, 6) is 0.345. The summed E-state index contributed by atoms with van der Waals surface area (Å²) in [5.41, 5.74) is 7.18. The third-order valence-electron chi connectivity index (χ3n) is 4.67. The second-order valence-electron chi connectivity index (χ2n) is 6.52. The molecule has 1 saturated heterocycles. The maximum atomic E-state index is 12.2. The van der Waals surface area contributed by atoms with Gasteiger partial charge in [0.05, 0.1) is 13.1 Å². The predicted molar refractivity (Wildman–Crippen MR) is 110 cm³/mol. The van der Waals surface area contributed by atoms with Crippen LogP contribution in [0.4, 0.5) is 4.79 Å². The molecule has 0 saturated carbocycles. The largest absolute Gasteiger partial charge is 0.333 e. The van der Waals surface area contributed by atoms with Gasteiger partial charge in [-0.2, -0.15) is 0 Å². The van der Waals surface area contributed by atoms with Gasteiger partial charge in [0.2, 0.25) is 5.91 Å². The fraction of sp³-hybridized carbons (Fsp3) is 0.368. The van der Waals surface area contributed by atoms with Gasteiger partial charge >= 0.3 is 6.03 Å². The molecule has 2 heterocycles. The molecular weight excluding hydrogens is 384 g/mol. The normalized spacial score (nSPS) is 19.3. The van der Waals surface area contributed by atoms with Crippen molar-refractivity contribution in [3.05, 3.63) is 58.3 Å². The molecule has 1 aromatic carbocycles. The van der Waals surface area contributed by atoms with Crippen LogP contribution >= 0.6 is 23.7 Å². The first-order valence-electron chi connectivity index (χ1n) is 8.73. The molecule has 2 aromatic rings. The average Bonchev–Trinajstić information content (AvgIpc) is 3.30. The third kappa shape index (κ3) is 6.04. The lowest BCUT2D eigenvalue weighted by Gasteiger charge is -2.16. The number of hydrogen-bond donors (Lipinski definition) is 3. The minimum absolute atomic E-state index is 0. The Kier molecular flexibility index (Phi) is 8.24. The first kappa shape index (κ1) is 21.4. The number of carbonyl (C=O) groups is 2. The Morgan fingerprint density at radius 2 is 1.93 bits per heavy atom. The van der Waals surface area contributed by atoms with Crippen molar-refractivity contribution in [2.45, 2.75) is 12.5 Å². The Morgan fingerprint density at radius 3 is 2.59 bits per heavy atom. The summed E-state index contributed by atoms with van der Waals surface area (Å²) in [6.07, 6.45) is 0. The molecule has 1 aromatic heterocycles. The van der Waals surface area contributed by atoms with E-state index >= 15 is 0 Å². The number of nitrogens with zero attached hydrogens (tertiary/aromatic N) is 1. The van der Waals surface area contributed by atoms with Crippen molar-refractivity contribution >= 4 is 35.7 Å². The van der Waals surface area contributed by atoms with Gasteiger partial charge in [-0.05, 0) is 29.5 Å². The van der Waals surface area contributed by atoms with E-state index in [2.05, 4.69) is 27.7 Å². The van der Waals surface area contributed by atoms with Crippen LogP contribution in [0.1, 0.15) is 16.4 Å². The molecule has 3 amide bonds. The van der Waals surface area contributed by atoms with Crippen LogP contribution in [0.5, 0.6) is 0 Å². The van der Waals surface area contributed by atoms with E-state index in [0.717, 1.165) is 18.0 Å². The van der Waals surface area contributed by atoms with Crippen molar-refractivity contribution in [3.63, 3.8) is 0 Å². The molecule has 0 spiro atoms. The van der Waals surface area contributed by atoms with Crippen molar-refractivity contribution in [3.8, 4) is 0 Å². The van der Waals surface area contributed by atoms with E-state index in [4.69, 9.17) is 5.73 Å². The summed E-state index contributed by atoms with van der Waals surface area (Å²) < 4.78 is 0. The van der Waals surface area contributed by atoms with E-state index in [0.29, 0.717) is 24.9 Å². The van der Waals surface area contributed by atoms with Crippen LogP contribution in [0.25, 0.3) is 0 Å². The lowest BCUT2D eigenvalue weighted by molar-refractivity contribution is -0.120. The molecule has 146 valence electrons. The fourth-order valence-corrected chi connectivity index (χ4v) is 4.04. The highest BCUT2D eigenvalue weighted by Crippen LogP contribution is 2.31. The number of amides is 3. The summed E-state index contributed by atoms with van der Waals surface area (Å²) in [5, 5.41) is 7.04. The molecule has 3 rings (SSSR count). The van der Waals surface area contributed by atoms with Crippen LogP contribution in [0.2, 0.25) is 0 Å². The number of carbonyl (C=O) groups excluding carboxylic acids is 2. The standard InChI is InChI=1S/C19H24N4O2S.ClH/c20-9-15-11-23(12-17(15)14-5-2-1-3-6-14)13-18(24)22-19(25)21-10-16-7-4-8-26-16;/h1-8,15,17H,9-13,20H2,(H2,21,22,24,25);1H/t15-,17+;/m1./s1. The smallest absolute Gasteiger partial charge is 0.321 e. The lowest BCUT2D eigenvalue weighted by Crippen LogP contribution is -2.44. The topological polar surface area (TPSA) is 87.5 Å². The molecule has 0 aliphatic carbocycles. The minimum atomic E-state index is -0.461. The van der Waals surface area contributed by atoms with Crippen molar-refractivity contribution in [2.75, 3.05) is 26.2 Å². The summed E-state index contributed by atoms with van der Waals surface area (Å²) in [7, 11) is 0. The maximum Gasteiger partial charge on any atom is 0.321 e. The quantitative estimate of drug-likeness (QED) is 0.683. The molecule has 1 fully saturated rings. The van der Waals surface area contributed by atoms with Gasteiger partial charge in [-0.15, -0.1) is 23.7 Å². The van der Waals surface area contributed by atoms with Gasteiger partial charge in [-0.1, -0.05) is 36.4 Å². The zero-order chi connectivity index (χ0) is 18.4. The van der Waals surface area contributed by atoms with E-state index in [1.165, 1.54) is 5.56 Å². The maximum absolute atomic E-state index is 12.2. The molecule has 2 atom stereocenters. The number of halogens is 1. The Bertz CT molecular complexity index is 727. The molecule has 27 heavy (non-hydrogen) atoms. The first-order valence-corrected chi connectivity index (χ1v) is 9.61. The fourth-order valence-electron chi connectivity index (χ4n) is 3.40. The number of rotatable bonds is 6. The molecule has 8 heteroatoms. The number of benzene rings is 1. The first-order chi connectivity index (χ1) is 12.7. The monoisotopic (exact) mass is 408 g/mol. The van der Waals surface area contributed by atoms with E-state index in [1.807, 2.05) is 35.7 Å². The van der Waals surface area contributed by atoms with Crippen molar-refractivity contribution in [2.24, 2.45) is 11.7 Å². The summed E-state index contributed by atoms with van der Waals surface area (Å²) in [6.45, 7) is 2.74. The van der Waals surface area contributed by atoms with Gasteiger partial charge in [0, 0.05) is 23.9 Å². The Hall–Kier alpha value is -1.93. The van der Waals surface area contributed by atoms with Crippen LogP contribution in [-0.4, -0.2) is 43.0 Å². The van der Waals surface area contributed by atoms with Gasteiger partial charge in [-0.25, -0.2) is 4.79 Å². The Labute approximate surface area is 169 Å². The van der Waals surface area contributed by atoms with E-state index in [1.54, 1.807) is 11.3 Å². The van der Waals surface area contributed by atoms with E-state index in [9.17, 15) is 9.59 Å². The van der Waals surface area contributed by atoms with Gasteiger partial charge in [-0.3, -0.25) is 15.0 Å². The molecule has 0 radical (unpaired) electrons. The highest BCUT2D eigenvalue weighted by Gasteiger charge is 2.33. The van der Waals surface area contributed by atoms with Crippen molar-refractivity contribution < 1.29 is 9.59 Å². The minimum Gasteiger partial charge on any atom is -0.333 e. The number of imide groups is 1. The summed E-state index contributed by atoms with van der Waals surface area (Å²) >= 11 is 1.56. The number of hydrogen-bond acceptors (Lipinski definition) is 5.